The Labute approximate surface area is 147 Å². The van der Waals surface area contributed by atoms with E-state index >= 15 is 0 Å². The van der Waals surface area contributed by atoms with E-state index in [9.17, 15) is 4.79 Å². The van der Waals surface area contributed by atoms with Crippen LogP contribution >= 0.6 is 0 Å². The molecule has 0 aromatic carbocycles. The Bertz CT molecular complexity index is 759. The lowest BCUT2D eigenvalue weighted by atomic mass is 10.2. The van der Waals surface area contributed by atoms with Crippen molar-refractivity contribution < 1.29 is 4.79 Å². The highest BCUT2D eigenvalue weighted by Crippen LogP contribution is 2.36. The van der Waals surface area contributed by atoms with Gasteiger partial charge in [-0.1, -0.05) is 18.9 Å². The highest BCUT2D eigenvalue weighted by atomic mass is 16.2. The summed E-state index contributed by atoms with van der Waals surface area (Å²) in [5.41, 5.74) is 0.779. The Morgan fingerprint density at radius 2 is 2.04 bits per heavy atom. The summed E-state index contributed by atoms with van der Waals surface area (Å²) < 4.78 is 0. The molecule has 2 aliphatic rings. The van der Waals surface area contributed by atoms with E-state index in [-0.39, 0.29) is 5.91 Å². The summed E-state index contributed by atoms with van der Waals surface area (Å²) in [5, 5.41) is 3.15. The summed E-state index contributed by atoms with van der Waals surface area (Å²) in [4.78, 5) is 29.7. The second-order valence-electron chi connectivity index (χ2n) is 6.58. The van der Waals surface area contributed by atoms with Gasteiger partial charge in [-0.25, -0.2) is 9.97 Å². The predicted octanol–water partition coefficient (Wildman–Crippen LogP) is 2.73. The van der Waals surface area contributed by atoms with Crippen molar-refractivity contribution >= 4 is 29.2 Å². The maximum absolute atomic E-state index is 12.3. The highest BCUT2D eigenvalue weighted by molar-refractivity contribution is 5.97. The third-order valence-electron chi connectivity index (χ3n) is 4.99. The molecule has 1 saturated carbocycles. The number of aromatic nitrogens is 3. The molecule has 25 heavy (non-hydrogen) atoms. The van der Waals surface area contributed by atoms with E-state index in [1.165, 1.54) is 12.8 Å². The summed E-state index contributed by atoms with van der Waals surface area (Å²) in [7, 11) is 1.80. The Hall–Kier alpha value is -2.70. The Kier molecular flexibility index (Phi) is 4.21. The van der Waals surface area contributed by atoms with Crippen LogP contribution in [0.25, 0.3) is 0 Å². The van der Waals surface area contributed by atoms with Gasteiger partial charge >= 0.3 is 0 Å². The van der Waals surface area contributed by atoms with Crippen LogP contribution in [-0.2, 0) is 4.79 Å². The van der Waals surface area contributed by atoms with Crippen molar-refractivity contribution in [1.82, 2.24) is 15.0 Å². The van der Waals surface area contributed by atoms with Gasteiger partial charge in [-0.3, -0.25) is 4.79 Å². The fourth-order valence-electron chi connectivity index (χ4n) is 3.62. The van der Waals surface area contributed by atoms with Gasteiger partial charge in [0, 0.05) is 32.3 Å². The molecule has 1 fully saturated rings. The summed E-state index contributed by atoms with van der Waals surface area (Å²) in [5.74, 6) is 2.15. The van der Waals surface area contributed by atoms with E-state index in [2.05, 4.69) is 20.2 Å². The average Bonchev–Trinajstić information content (AvgIpc) is 3.13. The average molecular weight is 338 g/mol. The first kappa shape index (κ1) is 15.8. The summed E-state index contributed by atoms with van der Waals surface area (Å²) in [6.45, 7) is 0.709. The first-order valence-electron chi connectivity index (χ1n) is 8.80. The topological polar surface area (TPSA) is 74.2 Å². The second kappa shape index (κ2) is 6.66. The molecule has 1 amide bonds. The van der Waals surface area contributed by atoms with E-state index in [1.54, 1.807) is 24.3 Å². The Balaban J connectivity index is 1.71. The van der Waals surface area contributed by atoms with Crippen LogP contribution in [0.5, 0.6) is 0 Å². The molecule has 130 valence electrons. The molecule has 3 heterocycles. The number of amides is 1. The van der Waals surface area contributed by atoms with Crippen molar-refractivity contribution in [3.63, 3.8) is 0 Å². The predicted molar refractivity (Wildman–Crippen MR) is 97.2 cm³/mol. The minimum absolute atomic E-state index is 0.107. The molecule has 1 N–H and O–H groups in total. The number of hydrogen-bond donors (Lipinski definition) is 1. The lowest BCUT2D eigenvalue weighted by Gasteiger charge is -2.30. The molecule has 0 spiro atoms. The van der Waals surface area contributed by atoms with Crippen LogP contribution < -0.4 is 15.1 Å². The molecule has 0 saturated heterocycles. The number of pyridine rings is 1. The number of fused-ring (bicyclic) bond motifs is 1. The number of rotatable bonds is 3. The minimum atomic E-state index is 0.107. The number of anilines is 4. The van der Waals surface area contributed by atoms with Crippen LogP contribution in [0.4, 0.5) is 23.3 Å². The van der Waals surface area contributed by atoms with Gasteiger partial charge < -0.3 is 15.1 Å². The minimum Gasteiger partial charge on any atom is -0.351 e. The van der Waals surface area contributed by atoms with Crippen molar-refractivity contribution in [2.45, 2.75) is 38.1 Å². The molecule has 2 aromatic heterocycles. The molecule has 1 aliphatic heterocycles. The molecule has 0 atom stereocenters. The first-order chi connectivity index (χ1) is 12.2. The van der Waals surface area contributed by atoms with Gasteiger partial charge in [0.05, 0.1) is 6.20 Å². The van der Waals surface area contributed by atoms with Gasteiger partial charge in [0.15, 0.2) is 5.82 Å². The number of hydrogen-bond acceptors (Lipinski definition) is 6. The lowest BCUT2D eigenvalue weighted by Crippen LogP contribution is -2.34. The van der Waals surface area contributed by atoms with Crippen molar-refractivity contribution in [2.24, 2.45) is 0 Å². The van der Waals surface area contributed by atoms with E-state index in [0.29, 0.717) is 30.8 Å². The summed E-state index contributed by atoms with van der Waals surface area (Å²) in [6.07, 6.45) is 8.76. The third-order valence-corrected chi connectivity index (χ3v) is 4.99. The molecule has 0 unspecified atom stereocenters. The van der Waals surface area contributed by atoms with Crippen LogP contribution in [0.15, 0.2) is 30.6 Å². The SMILES string of the molecule is CN1C(=O)CCN(C2CCCC2)c2nc(Nc3ccccn3)ncc21. The third kappa shape index (κ3) is 3.14. The van der Waals surface area contributed by atoms with Crippen LogP contribution in [0.2, 0.25) is 0 Å². The quantitative estimate of drug-likeness (QED) is 0.927. The van der Waals surface area contributed by atoms with Crippen molar-refractivity contribution in [3.05, 3.63) is 30.6 Å². The Morgan fingerprint density at radius 1 is 1.20 bits per heavy atom. The van der Waals surface area contributed by atoms with Gasteiger partial charge in [-0.15, -0.1) is 0 Å². The number of nitrogens with one attached hydrogen (secondary N) is 1. The van der Waals surface area contributed by atoms with E-state index in [0.717, 1.165) is 24.3 Å². The van der Waals surface area contributed by atoms with Crippen molar-refractivity contribution in [2.75, 3.05) is 28.7 Å². The summed E-state index contributed by atoms with van der Waals surface area (Å²) >= 11 is 0. The molecule has 2 aromatic rings. The summed E-state index contributed by atoms with van der Waals surface area (Å²) in [6, 6.07) is 6.11. The first-order valence-corrected chi connectivity index (χ1v) is 8.80. The van der Waals surface area contributed by atoms with Crippen LogP contribution in [0.1, 0.15) is 32.1 Å². The second-order valence-corrected chi connectivity index (χ2v) is 6.58. The lowest BCUT2D eigenvalue weighted by molar-refractivity contribution is -0.118. The fourth-order valence-corrected chi connectivity index (χ4v) is 3.62. The molecule has 1 aliphatic carbocycles. The van der Waals surface area contributed by atoms with Gasteiger partial charge in [-0.2, -0.15) is 4.98 Å². The monoisotopic (exact) mass is 338 g/mol. The Morgan fingerprint density at radius 3 is 2.80 bits per heavy atom. The molecule has 0 radical (unpaired) electrons. The zero-order valence-electron chi connectivity index (χ0n) is 14.4. The molecular formula is C18H22N6O. The molecule has 4 rings (SSSR count). The largest absolute Gasteiger partial charge is 0.351 e. The molecule has 0 bridgehead atoms. The standard InChI is InChI=1S/C18H22N6O/c1-23-14-12-20-18(21-15-8-4-5-10-19-15)22-17(14)24(11-9-16(23)25)13-6-2-3-7-13/h4-5,8,10,12-13H,2-3,6-7,9,11H2,1H3,(H,19,20,21,22). The zero-order valence-corrected chi connectivity index (χ0v) is 14.4. The van der Waals surface area contributed by atoms with E-state index < -0.39 is 0 Å². The van der Waals surface area contributed by atoms with Crippen LogP contribution in [0, 0.1) is 0 Å². The van der Waals surface area contributed by atoms with E-state index in [1.807, 2.05) is 18.2 Å². The maximum atomic E-state index is 12.3. The van der Waals surface area contributed by atoms with Crippen molar-refractivity contribution in [3.8, 4) is 0 Å². The number of carbonyl (C=O) groups excluding carboxylic acids is 1. The highest BCUT2D eigenvalue weighted by Gasteiger charge is 2.31. The van der Waals surface area contributed by atoms with Gasteiger partial charge in [-0.05, 0) is 25.0 Å². The van der Waals surface area contributed by atoms with E-state index in [4.69, 9.17) is 4.98 Å². The molecule has 7 nitrogen and oxygen atoms in total. The van der Waals surface area contributed by atoms with Crippen molar-refractivity contribution in [1.29, 1.82) is 0 Å². The van der Waals surface area contributed by atoms with Crippen LogP contribution in [-0.4, -0.2) is 40.5 Å². The molecule has 7 heteroatoms. The van der Waals surface area contributed by atoms with Gasteiger partial charge in [0.1, 0.15) is 11.5 Å². The normalized spacial score (nSPS) is 18.2. The van der Waals surface area contributed by atoms with Gasteiger partial charge in [0.25, 0.3) is 0 Å². The zero-order chi connectivity index (χ0) is 17.2. The number of carbonyl (C=O) groups is 1. The number of nitrogens with zero attached hydrogens (tertiary/aromatic N) is 5. The maximum Gasteiger partial charge on any atom is 0.230 e. The van der Waals surface area contributed by atoms with Gasteiger partial charge in [0.2, 0.25) is 11.9 Å². The molecular weight excluding hydrogens is 316 g/mol. The smallest absolute Gasteiger partial charge is 0.230 e. The van der Waals surface area contributed by atoms with Crippen LogP contribution in [0.3, 0.4) is 0 Å². The fraction of sp³-hybridized carbons (Fsp3) is 0.444.